The van der Waals surface area contributed by atoms with Gasteiger partial charge in [-0.15, -0.1) is 0 Å². The van der Waals surface area contributed by atoms with E-state index in [0.717, 1.165) is 0 Å². The Balaban J connectivity index is 1.70. The third kappa shape index (κ3) is 3.99. The van der Waals surface area contributed by atoms with Gasteiger partial charge in [0.1, 0.15) is 11.9 Å². The summed E-state index contributed by atoms with van der Waals surface area (Å²) in [6.07, 6.45) is 4.39. The van der Waals surface area contributed by atoms with Crippen LogP contribution in [0.2, 0.25) is 0 Å². The molecule has 0 radical (unpaired) electrons. The highest BCUT2D eigenvalue weighted by molar-refractivity contribution is 5.94. The number of hydrogen-bond donors (Lipinski definition) is 0. The van der Waals surface area contributed by atoms with Gasteiger partial charge in [0.15, 0.2) is 0 Å². The normalized spacial score (nSPS) is 17.9. The molecule has 2 aromatic rings. The maximum absolute atomic E-state index is 12.7. The Morgan fingerprint density at radius 3 is 3.08 bits per heavy atom. The summed E-state index contributed by atoms with van der Waals surface area (Å²) in [5.74, 6) is 0.994. The molecule has 1 atom stereocenters. The van der Waals surface area contributed by atoms with E-state index in [2.05, 4.69) is 9.97 Å². The van der Waals surface area contributed by atoms with Crippen LogP contribution in [0.5, 0.6) is 11.6 Å². The van der Waals surface area contributed by atoms with Gasteiger partial charge in [0.05, 0.1) is 33.1 Å². The second kappa shape index (κ2) is 7.74. The second-order valence-corrected chi connectivity index (χ2v) is 5.34. The molecule has 1 aromatic carbocycles. The van der Waals surface area contributed by atoms with Crippen molar-refractivity contribution in [3.05, 3.63) is 48.4 Å². The van der Waals surface area contributed by atoms with Gasteiger partial charge in [-0.05, 0) is 18.2 Å². The molecule has 0 N–H and O–H groups in total. The highest BCUT2D eigenvalue weighted by Gasteiger charge is 2.25. The molecule has 126 valence electrons. The summed E-state index contributed by atoms with van der Waals surface area (Å²) in [6.45, 7) is 1.80. The second-order valence-electron chi connectivity index (χ2n) is 5.34. The lowest BCUT2D eigenvalue weighted by atomic mass is 10.2. The smallest absolute Gasteiger partial charge is 0.254 e. The van der Waals surface area contributed by atoms with Gasteiger partial charge in [0.25, 0.3) is 5.91 Å². The molecule has 0 spiro atoms. The van der Waals surface area contributed by atoms with E-state index < -0.39 is 0 Å². The van der Waals surface area contributed by atoms with Gasteiger partial charge < -0.3 is 19.1 Å². The van der Waals surface area contributed by atoms with Gasteiger partial charge in [-0.3, -0.25) is 9.78 Å². The molecule has 1 aliphatic heterocycles. The molecular formula is C17H19N3O4. The number of carbonyl (C=O) groups excluding carboxylic acids is 1. The van der Waals surface area contributed by atoms with Crippen molar-refractivity contribution in [3.63, 3.8) is 0 Å². The number of nitrogens with zero attached hydrogens (tertiary/aromatic N) is 3. The first-order chi connectivity index (χ1) is 11.8. The number of rotatable bonds is 4. The lowest BCUT2D eigenvalue weighted by Gasteiger charge is -2.24. The predicted octanol–water partition coefficient (Wildman–Crippen LogP) is 1.41. The molecule has 0 bridgehead atoms. The largest absolute Gasteiger partial charge is 0.497 e. The van der Waals surface area contributed by atoms with Crippen molar-refractivity contribution in [1.82, 2.24) is 14.9 Å². The van der Waals surface area contributed by atoms with Crippen molar-refractivity contribution < 1.29 is 19.0 Å². The molecule has 24 heavy (non-hydrogen) atoms. The van der Waals surface area contributed by atoms with Crippen LogP contribution in [-0.2, 0) is 4.74 Å². The van der Waals surface area contributed by atoms with Crippen LogP contribution in [-0.4, -0.2) is 60.3 Å². The van der Waals surface area contributed by atoms with Gasteiger partial charge >= 0.3 is 0 Å². The lowest BCUT2D eigenvalue weighted by molar-refractivity contribution is 0.0631. The summed E-state index contributed by atoms with van der Waals surface area (Å²) >= 11 is 0. The third-order valence-electron chi connectivity index (χ3n) is 3.66. The summed E-state index contributed by atoms with van der Waals surface area (Å²) < 4.78 is 16.5. The van der Waals surface area contributed by atoms with Crippen LogP contribution in [0.1, 0.15) is 10.4 Å². The number of ether oxygens (including phenoxy) is 3. The van der Waals surface area contributed by atoms with E-state index in [4.69, 9.17) is 14.2 Å². The maximum atomic E-state index is 12.7. The average molecular weight is 329 g/mol. The fraction of sp³-hybridized carbons (Fsp3) is 0.353. The Labute approximate surface area is 140 Å². The zero-order valence-electron chi connectivity index (χ0n) is 13.4. The Bertz CT molecular complexity index is 681. The number of aromatic nitrogens is 2. The van der Waals surface area contributed by atoms with Crippen LogP contribution in [0.25, 0.3) is 0 Å². The number of benzene rings is 1. The average Bonchev–Trinajstić information content (AvgIpc) is 2.87. The molecule has 1 unspecified atom stereocenters. The SMILES string of the molecule is COc1cccc(C(=O)N2CCOCC(Oc3cnccn3)C2)c1. The summed E-state index contributed by atoms with van der Waals surface area (Å²) in [5, 5.41) is 0. The lowest BCUT2D eigenvalue weighted by Crippen LogP contribution is -2.40. The Morgan fingerprint density at radius 1 is 1.38 bits per heavy atom. The quantitative estimate of drug-likeness (QED) is 0.844. The zero-order valence-corrected chi connectivity index (χ0v) is 13.4. The van der Waals surface area contributed by atoms with E-state index in [1.54, 1.807) is 48.8 Å². The summed E-state index contributed by atoms with van der Waals surface area (Å²) in [4.78, 5) is 22.5. The zero-order chi connectivity index (χ0) is 16.8. The number of methoxy groups -OCH3 is 1. The summed E-state index contributed by atoms with van der Waals surface area (Å²) in [5.41, 5.74) is 0.578. The summed E-state index contributed by atoms with van der Waals surface area (Å²) in [7, 11) is 1.58. The molecule has 3 rings (SSSR count). The van der Waals surface area contributed by atoms with Crippen LogP contribution < -0.4 is 9.47 Å². The first kappa shape index (κ1) is 16.2. The molecule has 1 amide bonds. The van der Waals surface area contributed by atoms with Crippen molar-refractivity contribution in [2.75, 3.05) is 33.4 Å². The van der Waals surface area contributed by atoms with E-state index in [0.29, 0.717) is 43.5 Å². The van der Waals surface area contributed by atoms with Gasteiger partial charge in [0, 0.05) is 24.5 Å². The van der Waals surface area contributed by atoms with Crippen LogP contribution in [0.4, 0.5) is 0 Å². The molecule has 1 fully saturated rings. The molecular weight excluding hydrogens is 310 g/mol. The topological polar surface area (TPSA) is 73.8 Å². The van der Waals surface area contributed by atoms with Gasteiger partial charge in [-0.2, -0.15) is 0 Å². The van der Waals surface area contributed by atoms with Gasteiger partial charge in [0.2, 0.25) is 5.88 Å². The fourth-order valence-corrected chi connectivity index (χ4v) is 2.49. The molecule has 7 heteroatoms. The van der Waals surface area contributed by atoms with Crippen molar-refractivity contribution in [3.8, 4) is 11.6 Å². The monoisotopic (exact) mass is 329 g/mol. The number of amides is 1. The molecule has 1 aliphatic rings. The van der Waals surface area contributed by atoms with E-state index in [1.807, 2.05) is 6.07 Å². The molecule has 0 saturated carbocycles. The molecule has 7 nitrogen and oxygen atoms in total. The first-order valence-electron chi connectivity index (χ1n) is 7.70. The molecule has 1 aromatic heterocycles. The van der Waals surface area contributed by atoms with Crippen LogP contribution in [0.3, 0.4) is 0 Å². The van der Waals surface area contributed by atoms with Gasteiger partial charge in [-0.25, -0.2) is 4.98 Å². The van der Waals surface area contributed by atoms with Crippen LogP contribution in [0.15, 0.2) is 42.9 Å². The Morgan fingerprint density at radius 2 is 2.29 bits per heavy atom. The third-order valence-corrected chi connectivity index (χ3v) is 3.66. The standard InChI is InChI=1S/C17H19N3O4/c1-22-14-4-2-3-13(9-14)17(21)20-7-8-23-12-15(11-20)24-16-10-18-5-6-19-16/h2-6,9-10,15H,7-8,11-12H2,1H3. The van der Waals surface area contributed by atoms with Crippen molar-refractivity contribution in [2.45, 2.75) is 6.10 Å². The number of hydrogen-bond acceptors (Lipinski definition) is 6. The highest BCUT2D eigenvalue weighted by atomic mass is 16.5. The fourth-order valence-electron chi connectivity index (χ4n) is 2.49. The predicted molar refractivity (Wildman–Crippen MR) is 86.2 cm³/mol. The van der Waals surface area contributed by atoms with Crippen molar-refractivity contribution >= 4 is 5.91 Å². The van der Waals surface area contributed by atoms with E-state index in [1.165, 1.54) is 0 Å². The van der Waals surface area contributed by atoms with E-state index in [-0.39, 0.29) is 12.0 Å². The molecule has 2 heterocycles. The van der Waals surface area contributed by atoms with Crippen molar-refractivity contribution in [2.24, 2.45) is 0 Å². The number of carbonyl (C=O) groups is 1. The van der Waals surface area contributed by atoms with Crippen LogP contribution >= 0.6 is 0 Å². The maximum Gasteiger partial charge on any atom is 0.254 e. The van der Waals surface area contributed by atoms with E-state index >= 15 is 0 Å². The minimum Gasteiger partial charge on any atom is -0.497 e. The minimum absolute atomic E-state index is 0.0767. The van der Waals surface area contributed by atoms with Gasteiger partial charge in [-0.1, -0.05) is 6.07 Å². The first-order valence-corrected chi connectivity index (χ1v) is 7.70. The van der Waals surface area contributed by atoms with E-state index in [9.17, 15) is 4.79 Å². The highest BCUT2D eigenvalue weighted by Crippen LogP contribution is 2.16. The molecule has 1 saturated heterocycles. The minimum atomic E-state index is -0.293. The Hall–Kier alpha value is -2.67. The Kier molecular flexibility index (Phi) is 5.22. The van der Waals surface area contributed by atoms with Crippen molar-refractivity contribution in [1.29, 1.82) is 0 Å². The van der Waals surface area contributed by atoms with Crippen LogP contribution in [0, 0.1) is 0 Å². The summed E-state index contributed by atoms with van der Waals surface area (Å²) in [6, 6.07) is 7.11. The molecule has 0 aliphatic carbocycles.